The van der Waals surface area contributed by atoms with E-state index in [1.54, 1.807) is 18.0 Å². The third-order valence-electron chi connectivity index (χ3n) is 3.18. The number of aliphatic hydroxyl groups is 1. The number of para-hydroxylation sites is 1. The van der Waals surface area contributed by atoms with Crippen LogP contribution in [0.5, 0.6) is 5.75 Å². The van der Waals surface area contributed by atoms with Crippen LogP contribution in [0, 0.1) is 0 Å². The minimum atomic E-state index is -0.561. The van der Waals surface area contributed by atoms with E-state index in [9.17, 15) is 9.90 Å². The summed E-state index contributed by atoms with van der Waals surface area (Å²) in [5.74, 6) is 0.498. The Kier molecular flexibility index (Phi) is 5.83. The third-order valence-corrected chi connectivity index (χ3v) is 3.18. The molecule has 1 amide bonds. The number of aliphatic hydroxyl groups excluding tert-OH is 1. The minimum Gasteiger partial charge on any atom is -0.483 e. The molecule has 0 aromatic heterocycles. The number of benzene rings is 1. The summed E-state index contributed by atoms with van der Waals surface area (Å²) in [6.45, 7) is 5.79. The topological polar surface area (TPSA) is 49.8 Å². The summed E-state index contributed by atoms with van der Waals surface area (Å²) in [5.41, 5.74) is 0.727. The van der Waals surface area contributed by atoms with E-state index in [1.807, 2.05) is 39.0 Å². The normalized spacial score (nSPS) is 12.3. The maximum absolute atomic E-state index is 11.8. The van der Waals surface area contributed by atoms with Gasteiger partial charge in [-0.2, -0.15) is 0 Å². The summed E-state index contributed by atoms with van der Waals surface area (Å²) in [5, 5.41) is 9.90. The summed E-state index contributed by atoms with van der Waals surface area (Å²) in [7, 11) is 1.75. The zero-order chi connectivity index (χ0) is 14.4. The Morgan fingerprint density at radius 2 is 2.00 bits per heavy atom. The molecule has 0 saturated carbocycles. The van der Waals surface area contributed by atoms with Crippen LogP contribution in [0.15, 0.2) is 24.3 Å². The molecule has 1 atom stereocenters. The van der Waals surface area contributed by atoms with Gasteiger partial charge in [0.05, 0.1) is 6.10 Å². The van der Waals surface area contributed by atoms with Crippen molar-refractivity contribution in [1.29, 1.82) is 0 Å². The van der Waals surface area contributed by atoms with Gasteiger partial charge in [-0.15, -0.1) is 0 Å². The average molecular weight is 265 g/mol. The van der Waals surface area contributed by atoms with Crippen molar-refractivity contribution in [2.45, 2.75) is 39.3 Å². The lowest BCUT2D eigenvalue weighted by molar-refractivity contribution is -0.133. The molecule has 1 aromatic rings. The molecule has 0 bridgehead atoms. The molecule has 1 N–H and O–H groups in total. The van der Waals surface area contributed by atoms with Gasteiger partial charge in [0.25, 0.3) is 5.91 Å². The molecule has 1 aromatic carbocycles. The summed E-state index contributed by atoms with van der Waals surface area (Å²) in [4.78, 5) is 13.5. The standard InChI is InChI=1S/C15H23NO3/c1-5-13(17)12-8-6-7-9-14(12)19-10-15(18)16(4)11(2)3/h6-9,11,13,17H,5,10H2,1-4H3/t13-/m1/s1. The van der Waals surface area contributed by atoms with E-state index in [-0.39, 0.29) is 18.6 Å². The van der Waals surface area contributed by atoms with Crippen molar-refractivity contribution >= 4 is 5.91 Å². The molecule has 4 nitrogen and oxygen atoms in total. The van der Waals surface area contributed by atoms with Crippen molar-refractivity contribution in [3.8, 4) is 5.75 Å². The van der Waals surface area contributed by atoms with E-state index in [1.165, 1.54) is 0 Å². The number of rotatable bonds is 6. The average Bonchev–Trinajstić information content (AvgIpc) is 2.43. The summed E-state index contributed by atoms with van der Waals surface area (Å²) >= 11 is 0. The Morgan fingerprint density at radius 3 is 2.58 bits per heavy atom. The molecule has 0 aliphatic carbocycles. The molecule has 0 unspecified atom stereocenters. The first-order valence-electron chi connectivity index (χ1n) is 6.62. The molecule has 0 heterocycles. The minimum absolute atomic E-state index is 0.0118. The molecule has 19 heavy (non-hydrogen) atoms. The number of nitrogens with zero attached hydrogens (tertiary/aromatic N) is 1. The van der Waals surface area contributed by atoms with Crippen LogP contribution in [-0.2, 0) is 4.79 Å². The smallest absolute Gasteiger partial charge is 0.260 e. The molecule has 4 heteroatoms. The maximum atomic E-state index is 11.8. The highest BCUT2D eigenvalue weighted by molar-refractivity contribution is 5.77. The largest absolute Gasteiger partial charge is 0.483 e. The van der Waals surface area contributed by atoms with Crippen LogP contribution in [0.4, 0.5) is 0 Å². The number of likely N-dealkylation sites (N-methyl/N-ethyl adjacent to an activating group) is 1. The van der Waals surface area contributed by atoms with E-state index in [0.717, 1.165) is 5.56 Å². The van der Waals surface area contributed by atoms with Crippen LogP contribution in [0.3, 0.4) is 0 Å². The molecule has 0 aliphatic rings. The van der Waals surface area contributed by atoms with Crippen LogP contribution in [0.1, 0.15) is 38.9 Å². The van der Waals surface area contributed by atoms with E-state index in [4.69, 9.17) is 4.74 Å². The first-order chi connectivity index (χ1) is 8.97. The second-order valence-electron chi connectivity index (χ2n) is 4.85. The van der Waals surface area contributed by atoms with Crippen molar-refractivity contribution in [3.05, 3.63) is 29.8 Å². The second kappa shape index (κ2) is 7.14. The van der Waals surface area contributed by atoms with Gasteiger partial charge in [0.1, 0.15) is 5.75 Å². The SMILES string of the molecule is CC[C@@H](O)c1ccccc1OCC(=O)N(C)C(C)C. The number of amides is 1. The van der Waals surface area contributed by atoms with Crippen LogP contribution >= 0.6 is 0 Å². The van der Waals surface area contributed by atoms with Gasteiger partial charge in [-0.3, -0.25) is 4.79 Å². The van der Waals surface area contributed by atoms with Crippen molar-refractivity contribution in [2.24, 2.45) is 0 Å². The third kappa shape index (κ3) is 4.24. The van der Waals surface area contributed by atoms with Gasteiger partial charge in [-0.25, -0.2) is 0 Å². The van der Waals surface area contributed by atoms with Crippen molar-refractivity contribution < 1.29 is 14.6 Å². The van der Waals surface area contributed by atoms with Crippen molar-refractivity contribution in [3.63, 3.8) is 0 Å². The zero-order valence-electron chi connectivity index (χ0n) is 12.1. The highest BCUT2D eigenvalue weighted by Gasteiger charge is 2.15. The molecule has 1 rings (SSSR count). The van der Waals surface area contributed by atoms with Gasteiger partial charge in [-0.1, -0.05) is 25.1 Å². The van der Waals surface area contributed by atoms with Crippen molar-refractivity contribution in [2.75, 3.05) is 13.7 Å². The predicted octanol–water partition coefficient (Wildman–Crippen LogP) is 2.38. The lowest BCUT2D eigenvalue weighted by Crippen LogP contribution is -2.36. The Balaban J connectivity index is 2.70. The number of carbonyl (C=O) groups is 1. The maximum Gasteiger partial charge on any atom is 0.260 e. The molecule has 0 aliphatic heterocycles. The summed E-state index contributed by atoms with van der Waals surface area (Å²) < 4.78 is 5.54. The number of carbonyl (C=O) groups excluding carboxylic acids is 1. The molecular weight excluding hydrogens is 242 g/mol. The van der Waals surface area contributed by atoms with Gasteiger partial charge in [-0.05, 0) is 26.3 Å². The zero-order valence-corrected chi connectivity index (χ0v) is 12.1. The first-order valence-corrected chi connectivity index (χ1v) is 6.62. The van der Waals surface area contributed by atoms with Gasteiger partial charge in [0, 0.05) is 18.7 Å². The van der Waals surface area contributed by atoms with Crippen molar-refractivity contribution in [1.82, 2.24) is 4.90 Å². The van der Waals surface area contributed by atoms with Crippen LogP contribution in [0.25, 0.3) is 0 Å². The number of ether oxygens (including phenoxy) is 1. The Labute approximate surface area is 115 Å². The van der Waals surface area contributed by atoms with Gasteiger partial charge in [0.2, 0.25) is 0 Å². The number of hydrogen-bond donors (Lipinski definition) is 1. The molecule has 0 spiro atoms. The Bertz CT molecular complexity index is 418. The highest BCUT2D eigenvalue weighted by atomic mass is 16.5. The fourth-order valence-electron chi connectivity index (χ4n) is 1.64. The second-order valence-corrected chi connectivity index (χ2v) is 4.85. The number of hydrogen-bond acceptors (Lipinski definition) is 3. The quantitative estimate of drug-likeness (QED) is 0.859. The van der Waals surface area contributed by atoms with Gasteiger partial charge >= 0.3 is 0 Å². The fourth-order valence-corrected chi connectivity index (χ4v) is 1.64. The lowest BCUT2D eigenvalue weighted by Gasteiger charge is -2.22. The molecule has 0 radical (unpaired) electrons. The molecule has 0 fully saturated rings. The van der Waals surface area contributed by atoms with Gasteiger partial charge < -0.3 is 14.7 Å². The fraction of sp³-hybridized carbons (Fsp3) is 0.533. The van der Waals surface area contributed by atoms with E-state index >= 15 is 0 Å². The predicted molar refractivity (Wildman–Crippen MR) is 75.1 cm³/mol. The summed E-state index contributed by atoms with van der Waals surface area (Å²) in [6, 6.07) is 7.42. The Morgan fingerprint density at radius 1 is 1.37 bits per heavy atom. The van der Waals surface area contributed by atoms with E-state index in [2.05, 4.69) is 0 Å². The van der Waals surface area contributed by atoms with Crippen LogP contribution < -0.4 is 4.74 Å². The summed E-state index contributed by atoms with van der Waals surface area (Å²) in [6.07, 6.45) is 0.0503. The highest BCUT2D eigenvalue weighted by Crippen LogP contribution is 2.26. The van der Waals surface area contributed by atoms with E-state index in [0.29, 0.717) is 12.2 Å². The van der Waals surface area contributed by atoms with E-state index < -0.39 is 6.10 Å². The molecule has 106 valence electrons. The van der Waals surface area contributed by atoms with Gasteiger partial charge in [0.15, 0.2) is 6.61 Å². The first kappa shape index (κ1) is 15.5. The monoisotopic (exact) mass is 265 g/mol. The van der Waals surface area contributed by atoms with Crippen LogP contribution in [0.2, 0.25) is 0 Å². The lowest BCUT2D eigenvalue weighted by atomic mass is 10.1. The Hall–Kier alpha value is -1.55. The molecule has 0 saturated heterocycles. The molecular formula is C15H23NO3. The van der Waals surface area contributed by atoms with Crippen LogP contribution in [-0.4, -0.2) is 35.6 Å².